The minimum Gasteiger partial charge on any atom is -0.355 e. The van der Waals surface area contributed by atoms with Crippen LogP contribution in [-0.4, -0.2) is 33.0 Å². The standard InChI is InChI=1S/C22H25FN4OS/c1-16(2)12-13-24-20(28)15-29-22-26-25-21(18-10-6-7-11-19(18)23)27(22)14-17-8-4-3-5-9-17/h3-11,16H,12-15H2,1-2H3,(H,24,28). The second-order valence-electron chi connectivity index (χ2n) is 7.18. The zero-order valence-corrected chi connectivity index (χ0v) is 17.5. The third-order valence-corrected chi connectivity index (χ3v) is 5.36. The summed E-state index contributed by atoms with van der Waals surface area (Å²) in [6.07, 6.45) is 0.942. The fourth-order valence-corrected chi connectivity index (χ4v) is 3.59. The van der Waals surface area contributed by atoms with Gasteiger partial charge < -0.3 is 5.32 Å². The lowest BCUT2D eigenvalue weighted by Gasteiger charge is -2.11. The summed E-state index contributed by atoms with van der Waals surface area (Å²) in [5, 5.41) is 12.0. The van der Waals surface area contributed by atoms with Crippen LogP contribution in [0.4, 0.5) is 4.39 Å². The minimum absolute atomic E-state index is 0.0441. The van der Waals surface area contributed by atoms with Gasteiger partial charge in [0.1, 0.15) is 5.82 Å². The molecule has 0 unspecified atom stereocenters. The molecule has 1 amide bonds. The van der Waals surface area contributed by atoms with Crippen LogP contribution in [0.3, 0.4) is 0 Å². The predicted molar refractivity (Wildman–Crippen MR) is 114 cm³/mol. The third-order valence-electron chi connectivity index (χ3n) is 4.39. The van der Waals surface area contributed by atoms with Crippen molar-refractivity contribution in [1.29, 1.82) is 0 Å². The Morgan fingerprint density at radius 3 is 2.55 bits per heavy atom. The van der Waals surface area contributed by atoms with Crippen LogP contribution < -0.4 is 5.32 Å². The highest BCUT2D eigenvalue weighted by Gasteiger charge is 2.18. The molecule has 3 rings (SSSR count). The van der Waals surface area contributed by atoms with Gasteiger partial charge in [0.15, 0.2) is 11.0 Å². The molecule has 3 aromatic rings. The second-order valence-corrected chi connectivity index (χ2v) is 8.12. The maximum absolute atomic E-state index is 14.4. The average Bonchev–Trinajstić information content (AvgIpc) is 3.09. The van der Waals surface area contributed by atoms with Crippen molar-refractivity contribution in [3.63, 3.8) is 0 Å². The summed E-state index contributed by atoms with van der Waals surface area (Å²) < 4.78 is 16.2. The molecule has 1 heterocycles. The normalized spacial score (nSPS) is 11.0. The lowest BCUT2D eigenvalue weighted by molar-refractivity contribution is -0.118. The number of halogens is 1. The lowest BCUT2D eigenvalue weighted by Crippen LogP contribution is -2.27. The van der Waals surface area contributed by atoms with Gasteiger partial charge in [-0.25, -0.2) is 4.39 Å². The van der Waals surface area contributed by atoms with Crippen molar-refractivity contribution < 1.29 is 9.18 Å². The first-order valence-electron chi connectivity index (χ1n) is 9.66. The number of carbonyl (C=O) groups is 1. The highest BCUT2D eigenvalue weighted by molar-refractivity contribution is 7.99. The molecule has 0 aliphatic carbocycles. The van der Waals surface area contributed by atoms with Crippen molar-refractivity contribution in [2.75, 3.05) is 12.3 Å². The molecule has 29 heavy (non-hydrogen) atoms. The van der Waals surface area contributed by atoms with Crippen LogP contribution in [0.2, 0.25) is 0 Å². The van der Waals surface area contributed by atoms with E-state index in [1.54, 1.807) is 18.2 Å². The van der Waals surface area contributed by atoms with Crippen molar-refractivity contribution >= 4 is 17.7 Å². The SMILES string of the molecule is CC(C)CCNC(=O)CSc1nnc(-c2ccccc2F)n1Cc1ccccc1. The number of nitrogens with one attached hydrogen (secondary N) is 1. The number of carbonyl (C=O) groups excluding carboxylic acids is 1. The van der Waals surface area contributed by atoms with Crippen molar-refractivity contribution in [1.82, 2.24) is 20.1 Å². The molecule has 1 N–H and O–H groups in total. The van der Waals surface area contributed by atoms with Crippen LogP contribution in [0, 0.1) is 11.7 Å². The molecule has 0 aliphatic heterocycles. The first kappa shape index (κ1) is 21.0. The van der Waals surface area contributed by atoms with Gasteiger partial charge in [-0.3, -0.25) is 9.36 Å². The van der Waals surface area contributed by atoms with E-state index in [2.05, 4.69) is 29.4 Å². The molecule has 0 atom stereocenters. The fraction of sp³-hybridized carbons (Fsp3) is 0.318. The number of amides is 1. The van der Waals surface area contributed by atoms with E-state index in [0.717, 1.165) is 12.0 Å². The minimum atomic E-state index is -0.350. The zero-order valence-electron chi connectivity index (χ0n) is 16.6. The quantitative estimate of drug-likeness (QED) is 0.530. The molecular formula is C22H25FN4OS. The number of thioether (sulfide) groups is 1. The Hall–Kier alpha value is -2.67. The first-order chi connectivity index (χ1) is 14.0. The molecule has 0 fully saturated rings. The summed E-state index contributed by atoms with van der Waals surface area (Å²) >= 11 is 1.31. The molecule has 0 bridgehead atoms. The summed E-state index contributed by atoms with van der Waals surface area (Å²) in [7, 11) is 0. The topological polar surface area (TPSA) is 59.8 Å². The molecule has 2 aromatic carbocycles. The number of benzene rings is 2. The molecule has 0 spiro atoms. The van der Waals surface area contributed by atoms with Crippen LogP contribution >= 0.6 is 11.8 Å². The molecule has 5 nitrogen and oxygen atoms in total. The predicted octanol–water partition coefficient (Wildman–Crippen LogP) is 4.39. The van der Waals surface area contributed by atoms with Crippen LogP contribution in [0.15, 0.2) is 59.8 Å². The van der Waals surface area contributed by atoms with Crippen LogP contribution in [-0.2, 0) is 11.3 Å². The van der Waals surface area contributed by atoms with E-state index in [9.17, 15) is 9.18 Å². The zero-order chi connectivity index (χ0) is 20.6. The molecule has 152 valence electrons. The van der Waals surface area contributed by atoms with Crippen molar-refractivity contribution in [3.05, 3.63) is 66.0 Å². The summed E-state index contributed by atoms with van der Waals surface area (Å²) in [6.45, 7) is 5.40. The van der Waals surface area contributed by atoms with Gasteiger partial charge in [-0.1, -0.05) is 68.1 Å². The van der Waals surface area contributed by atoms with E-state index in [4.69, 9.17) is 0 Å². The largest absolute Gasteiger partial charge is 0.355 e. The van der Waals surface area contributed by atoms with Gasteiger partial charge in [-0.15, -0.1) is 10.2 Å². The van der Waals surface area contributed by atoms with Gasteiger partial charge in [-0.05, 0) is 30.0 Å². The highest BCUT2D eigenvalue weighted by Crippen LogP contribution is 2.26. The highest BCUT2D eigenvalue weighted by atomic mass is 32.2. The van der Waals surface area contributed by atoms with Gasteiger partial charge in [0.05, 0.1) is 17.9 Å². The smallest absolute Gasteiger partial charge is 0.230 e. The molecule has 0 aliphatic rings. The maximum Gasteiger partial charge on any atom is 0.230 e. The van der Waals surface area contributed by atoms with Gasteiger partial charge >= 0.3 is 0 Å². The number of hydrogen-bond donors (Lipinski definition) is 1. The Bertz CT molecular complexity index is 943. The molecule has 0 radical (unpaired) electrons. The van der Waals surface area contributed by atoms with E-state index in [-0.39, 0.29) is 17.5 Å². The first-order valence-corrected chi connectivity index (χ1v) is 10.6. The van der Waals surface area contributed by atoms with Gasteiger partial charge in [-0.2, -0.15) is 0 Å². The molecule has 7 heteroatoms. The summed E-state index contributed by atoms with van der Waals surface area (Å²) in [5.41, 5.74) is 1.44. The maximum atomic E-state index is 14.4. The van der Waals surface area contributed by atoms with Crippen molar-refractivity contribution in [3.8, 4) is 11.4 Å². The van der Waals surface area contributed by atoms with Gasteiger partial charge in [0.2, 0.25) is 5.91 Å². The molecule has 1 aromatic heterocycles. The average molecular weight is 413 g/mol. The Labute approximate surface area is 174 Å². The van der Waals surface area contributed by atoms with Crippen LogP contribution in [0.25, 0.3) is 11.4 Å². The van der Waals surface area contributed by atoms with E-state index in [1.807, 2.05) is 34.9 Å². The molecular weight excluding hydrogens is 387 g/mol. The molecule has 0 saturated carbocycles. The number of hydrogen-bond acceptors (Lipinski definition) is 4. The van der Waals surface area contributed by atoms with Crippen molar-refractivity contribution in [2.45, 2.75) is 32.0 Å². The van der Waals surface area contributed by atoms with Crippen LogP contribution in [0.5, 0.6) is 0 Å². The van der Waals surface area contributed by atoms with Crippen molar-refractivity contribution in [2.24, 2.45) is 5.92 Å². The fourth-order valence-electron chi connectivity index (χ4n) is 2.83. The van der Waals surface area contributed by atoms with Gasteiger partial charge in [0.25, 0.3) is 0 Å². The Morgan fingerprint density at radius 1 is 1.10 bits per heavy atom. The van der Waals surface area contributed by atoms with E-state index < -0.39 is 0 Å². The van der Waals surface area contributed by atoms with Crippen LogP contribution in [0.1, 0.15) is 25.8 Å². The number of aromatic nitrogens is 3. The number of rotatable bonds is 9. The van der Waals surface area contributed by atoms with E-state index in [1.165, 1.54) is 17.8 Å². The van der Waals surface area contributed by atoms with Gasteiger partial charge in [0, 0.05) is 6.54 Å². The van der Waals surface area contributed by atoms with E-state index >= 15 is 0 Å². The Balaban J connectivity index is 1.79. The van der Waals surface area contributed by atoms with E-state index in [0.29, 0.717) is 35.6 Å². The monoisotopic (exact) mass is 412 g/mol. The Morgan fingerprint density at radius 2 is 1.83 bits per heavy atom. The Kier molecular flexibility index (Phi) is 7.41. The lowest BCUT2D eigenvalue weighted by atomic mass is 10.1. The number of nitrogens with zero attached hydrogens (tertiary/aromatic N) is 3. The summed E-state index contributed by atoms with van der Waals surface area (Å²) in [6, 6.07) is 16.4. The third kappa shape index (κ3) is 5.90. The summed E-state index contributed by atoms with van der Waals surface area (Å²) in [4.78, 5) is 12.1. The second kappa shape index (κ2) is 10.2. The summed E-state index contributed by atoms with van der Waals surface area (Å²) in [5.74, 6) is 0.840. The molecule has 0 saturated heterocycles.